The first-order chi connectivity index (χ1) is 12.5. The maximum absolute atomic E-state index is 12.1. The number of hydrogen-bond donors (Lipinski definition) is 3. The molecule has 1 saturated carbocycles. The second-order valence-electron chi connectivity index (χ2n) is 7.23. The molecule has 26 heavy (non-hydrogen) atoms. The highest BCUT2D eigenvalue weighted by atomic mass is 16.4. The predicted molar refractivity (Wildman–Crippen MR) is 102 cm³/mol. The SMILES string of the molecule is CCCCC(O)CC=C[C@H]1CCC(=O)[C@@H]1CC=CCCCC(O)C(=O)O. The number of carbonyl (C=O) groups excluding carboxylic acids is 1. The lowest BCUT2D eigenvalue weighted by atomic mass is 9.91. The molecule has 1 fully saturated rings. The molecule has 0 aliphatic heterocycles. The number of rotatable bonds is 13. The summed E-state index contributed by atoms with van der Waals surface area (Å²) in [6.07, 6.45) is 13.9. The van der Waals surface area contributed by atoms with E-state index in [0.717, 1.165) is 25.7 Å². The van der Waals surface area contributed by atoms with Crippen molar-refractivity contribution in [2.24, 2.45) is 11.8 Å². The number of hydrogen-bond acceptors (Lipinski definition) is 4. The lowest BCUT2D eigenvalue weighted by molar-refractivity contribution is -0.146. The number of unbranched alkanes of at least 4 members (excludes halogenated alkanes) is 2. The van der Waals surface area contributed by atoms with Gasteiger partial charge in [-0.2, -0.15) is 0 Å². The zero-order valence-corrected chi connectivity index (χ0v) is 15.8. The maximum atomic E-state index is 12.1. The van der Waals surface area contributed by atoms with Crippen LogP contribution >= 0.6 is 0 Å². The molecule has 2 unspecified atom stereocenters. The van der Waals surface area contributed by atoms with Crippen molar-refractivity contribution in [3.63, 3.8) is 0 Å². The first-order valence-corrected chi connectivity index (χ1v) is 9.89. The highest BCUT2D eigenvalue weighted by Gasteiger charge is 2.31. The molecule has 0 saturated heterocycles. The summed E-state index contributed by atoms with van der Waals surface area (Å²) in [6.45, 7) is 2.11. The van der Waals surface area contributed by atoms with Crippen LogP contribution in [0.3, 0.4) is 0 Å². The molecular weight excluding hydrogens is 332 g/mol. The van der Waals surface area contributed by atoms with E-state index >= 15 is 0 Å². The number of Topliss-reactive ketones (excluding diaryl/α,β-unsaturated/α-hetero) is 1. The molecule has 0 heterocycles. The summed E-state index contributed by atoms with van der Waals surface area (Å²) < 4.78 is 0. The average molecular weight is 366 g/mol. The number of aliphatic carboxylic acids is 1. The summed E-state index contributed by atoms with van der Waals surface area (Å²) >= 11 is 0. The molecule has 1 aliphatic carbocycles. The Bertz CT molecular complexity index is 483. The van der Waals surface area contributed by atoms with Crippen LogP contribution in [0.25, 0.3) is 0 Å². The minimum atomic E-state index is -1.29. The van der Waals surface area contributed by atoms with Gasteiger partial charge >= 0.3 is 5.97 Å². The van der Waals surface area contributed by atoms with Crippen molar-refractivity contribution in [1.82, 2.24) is 0 Å². The van der Waals surface area contributed by atoms with Gasteiger partial charge in [0.2, 0.25) is 0 Å². The molecule has 0 spiro atoms. The second kappa shape index (κ2) is 12.8. The van der Waals surface area contributed by atoms with Crippen LogP contribution in [0.15, 0.2) is 24.3 Å². The molecule has 148 valence electrons. The summed E-state index contributed by atoms with van der Waals surface area (Å²) in [5, 5.41) is 27.7. The Balaban J connectivity index is 2.33. The molecule has 5 heteroatoms. The van der Waals surface area contributed by atoms with Crippen LogP contribution in [0.5, 0.6) is 0 Å². The molecule has 0 radical (unpaired) electrons. The Labute approximate surface area is 156 Å². The van der Waals surface area contributed by atoms with Gasteiger partial charge in [-0.25, -0.2) is 4.79 Å². The summed E-state index contributed by atoms with van der Waals surface area (Å²) in [6, 6.07) is 0. The van der Waals surface area contributed by atoms with Crippen molar-refractivity contribution in [1.29, 1.82) is 0 Å². The van der Waals surface area contributed by atoms with Gasteiger partial charge in [-0.1, -0.05) is 44.1 Å². The summed E-state index contributed by atoms with van der Waals surface area (Å²) in [7, 11) is 0. The van der Waals surface area contributed by atoms with E-state index in [1.54, 1.807) is 0 Å². The first kappa shape index (κ1) is 22.6. The molecule has 1 rings (SSSR count). The van der Waals surface area contributed by atoms with Crippen molar-refractivity contribution in [2.45, 2.75) is 83.3 Å². The number of allylic oxidation sites excluding steroid dienone is 3. The number of carbonyl (C=O) groups is 2. The monoisotopic (exact) mass is 366 g/mol. The van der Waals surface area contributed by atoms with Crippen LogP contribution in [0.4, 0.5) is 0 Å². The number of ketones is 1. The third-order valence-electron chi connectivity index (χ3n) is 5.03. The molecular formula is C21H34O5. The van der Waals surface area contributed by atoms with Crippen molar-refractivity contribution in [3.05, 3.63) is 24.3 Å². The van der Waals surface area contributed by atoms with E-state index in [1.165, 1.54) is 0 Å². The van der Waals surface area contributed by atoms with Gasteiger partial charge in [0.1, 0.15) is 5.78 Å². The van der Waals surface area contributed by atoms with E-state index < -0.39 is 12.1 Å². The predicted octanol–water partition coefficient (Wildman–Crippen LogP) is 3.64. The minimum absolute atomic E-state index is 0.0138. The molecule has 0 bridgehead atoms. The lowest BCUT2D eigenvalue weighted by Gasteiger charge is -2.13. The van der Waals surface area contributed by atoms with Crippen LogP contribution in [-0.4, -0.2) is 39.3 Å². The summed E-state index contributed by atoms with van der Waals surface area (Å²) in [4.78, 5) is 22.6. The number of aliphatic hydroxyl groups is 2. The van der Waals surface area contributed by atoms with Gasteiger partial charge in [-0.15, -0.1) is 0 Å². The number of aliphatic hydroxyl groups excluding tert-OH is 2. The zero-order valence-electron chi connectivity index (χ0n) is 15.8. The van der Waals surface area contributed by atoms with Crippen molar-refractivity contribution in [3.8, 4) is 0 Å². The molecule has 0 amide bonds. The van der Waals surface area contributed by atoms with Crippen LogP contribution in [0.2, 0.25) is 0 Å². The Morgan fingerprint density at radius 3 is 2.65 bits per heavy atom. The molecule has 3 N–H and O–H groups in total. The third kappa shape index (κ3) is 8.77. The zero-order chi connectivity index (χ0) is 19.4. The van der Waals surface area contributed by atoms with Gasteiger partial charge in [-0.05, 0) is 50.9 Å². The highest BCUT2D eigenvalue weighted by molar-refractivity contribution is 5.83. The van der Waals surface area contributed by atoms with Crippen LogP contribution in [0, 0.1) is 11.8 Å². The van der Waals surface area contributed by atoms with Gasteiger partial charge in [0, 0.05) is 12.3 Å². The van der Waals surface area contributed by atoms with Gasteiger partial charge in [-0.3, -0.25) is 4.79 Å². The average Bonchev–Trinajstić information content (AvgIpc) is 2.95. The summed E-state index contributed by atoms with van der Waals surface area (Å²) in [5.41, 5.74) is 0. The van der Waals surface area contributed by atoms with Gasteiger partial charge < -0.3 is 15.3 Å². The topological polar surface area (TPSA) is 94.8 Å². The van der Waals surface area contributed by atoms with Crippen LogP contribution in [0.1, 0.15) is 71.1 Å². The Morgan fingerprint density at radius 2 is 1.96 bits per heavy atom. The highest BCUT2D eigenvalue weighted by Crippen LogP contribution is 2.33. The van der Waals surface area contributed by atoms with Gasteiger partial charge in [0.05, 0.1) is 6.10 Å². The van der Waals surface area contributed by atoms with Crippen molar-refractivity contribution >= 4 is 11.8 Å². The standard InChI is InChI=1S/C21H34O5/c1-2-3-10-17(22)11-8-9-16-14-15-19(23)18(16)12-6-4-5-7-13-20(24)21(25)26/h4,6,8-9,16-18,20,22,24H,2-3,5,7,10-15H2,1H3,(H,25,26)/t16-,17?,18+,20?/m0/s1. The van der Waals surface area contributed by atoms with Crippen molar-refractivity contribution in [2.75, 3.05) is 0 Å². The van der Waals surface area contributed by atoms with Gasteiger partial charge in [0.15, 0.2) is 6.10 Å². The Morgan fingerprint density at radius 1 is 1.19 bits per heavy atom. The fourth-order valence-electron chi connectivity index (χ4n) is 3.35. The van der Waals surface area contributed by atoms with E-state index in [0.29, 0.717) is 37.9 Å². The normalized spacial score (nSPS) is 23.1. The lowest BCUT2D eigenvalue weighted by Crippen LogP contribution is -2.18. The smallest absolute Gasteiger partial charge is 0.332 e. The fourth-order valence-corrected chi connectivity index (χ4v) is 3.35. The van der Waals surface area contributed by atoms with E-state index in [2.05, 4.69) is 13.0 Å². The van der Waals surface area contributed by atoms with Crippen LogP contribution < -0.4 is 0 Å². The molecule has 1 aliphatic rings. The van der Waals surface area contributed by atoms with Crippen molar-refractivity contribution < 1.29 is 24.9 Å². The van der Waals surface area contributed by atoms with E-state index in [-0.39, 0.29) is 24.4 Å². The largest absolute Gasteiger partial charge is 0.479 e. The third-order valence-corrected chi connectivity index (χ3v) is 5.03. The first-order valence-electron chi connectivity index (χ1n) is 9.89. The molecule has 0 aromatic carbocycles. The Hall–Kier alpha value is -1.46. The molecule has 4 atom stereocenters. The van der Waals surface area contributed by atoms with Crippen LogP contribution in [-0.2, 0) is 9.59 Å². The quantitative estimate of drug-likeness (QED) is 0.342. The second-order valence-corrected chi connectivity index (χ2v) is 7.23. The summed E-state index contributed by atoms with van der Waals surface area (Å²) in [5.74, 6) is -0.614. The molecule has 0 aromatic rings. The molecule has 0 aromatic heterocycles. The number of carboxylic acids is 1. The fraction of sp³-hybridized carbons (Fsp3) is 0.714. The minimum Gasteiger partial charge on any atom is -0.479 e. The van der Waals surface area contributed by atoms with Gasteiger partial charge in [0.25, 0.3) is 0 Å². The number of carboxylic acid groups (broad SMARTS) is 1. The van der Waals surface area contributed by atoms with E-state index in [4.69, 9.17) is 5.11 Å². The molecule has 5 nitrogen and oxygen atoms in total. The van der Waals surface area contributed by atoms with E-state index in [9.17, 15) is 19.8 Å². The maximum Gasteiger partial charge on any atom is 0.332 e. The Kier molecular flexibility index (Phi) is 11.1. The van der Waals surface area contributed by atoms with E-state index in [1.807, 2.05) is 18.2 Å².